The Labute approximate surface area is 181 Å². The Bertz CT molecular complexity index is 1010. The predicted molar refractivity (Wildman–Crippen MR) is 116 cm³/mol. The van der Waals surface area contributed by atoms with Gasteiger partial charge in [0, 0.05) is 37.4 Å². The fourth-order valence-electron chi connectivity index (χ4n) is 4.46. The summed E-state index contributed by atoms with van der Waals surface area (Å²) in [6.45, 7) is 1.94. The Morgan fingerprint density at radius 3 is 2.65 bits per heavy atom. The van der Waals surface area contributed by atoms with Gasteiger partial charge in [-0.2, -0.15) is 4.98 Å². The van der Waals surface area contributed by atoms with Crippen molar-refractivity contribution >= 4 is 6.03 Å². The van der Waals surface area contributed by atoms with Gasteiger partial charge in [0.25, 0.3) is 5.89 Å². The van der Waals surface area contributed by atoms with Crippen LogP contribution in [0, 0.1) is 5.92 Å². The molecule has 0 radical (unpaired) electrons. The van der Waals surface area contributed by atoms with Crippen LogP contribution in [0.3, 0.4) is 0 Å². The number of pyridine rings is 1. The number of urea groups is 1. The molecule has 2 aromatic heterocycles. The van der Waals surface area contributed by atoms with Gasteiger partial charge in [0.1, 0.15) is 0 Å². The Balaban J connectivity index is 1.26. The third-order valence-corrected chi connectivity index (χ3v) is 6.48. The van der Waals surface area contributed by atoms with E-state index >= 15 is 0 Å². The lowest BCUT2D eigenvalue weighted by Gasteiger charge is -2.40. The van der Waals surface area contributed by atoms with Crippen LogP contribution in [-0.4, -0.2) is 39.1 Å². The van der Waals surface area contributed by atoms with Gasteiger partial charge in [-0.25, -0.2) is 4.79 Å². The van der Waals surface area contributed by atoms with Crippen molar-refractivity contribution in [3.8, 4) is 11.5 Å². The molecular weight excluding hydrogens is 390 g/mol. The summed E-state index contributed by atoms with van der Waals surface area (Å²) in [5.41, 5.74) is 1.81. The van der Waals surface area contributed by atoms with E-state index in [0.717, 1.165) is 42.1 Å². The first kappa shape index (κ1) is 19.7. The SMILES string of the molecule is O=C(NCc1ccccc1)N1CCC(CC2CC2)(c2noc(-c3cccnc3)n2)CC1. The van der Waals surface area contributed by atoms with Crippen molar-refractivity contribution in [2.45, 2.75) is 44.1 Å². The molecule has 5 rings (SSSR count). The first-order valence-corrected chi connectivity index (χ1v) is 11.0. The topological polar surface area (TPSA) is 84.2 Å². The van der Waals surface area contributed by atoms with Gasteiger partial charge in [-0.3, -0.25) is 4.98 Å². The van der Waals surface area contributed by atoms with Gasteiger partial charge in [0.15, 0.2) is 5.82 Å². The molecule has 1 N–H and O–H groups in total. The lowest BCUT2D eigenvalue weighted by molar-refractivity contribution is 0.144. The Morgan fingerprint density at radius 1 is 1.13 bits per heavy atom. The lowest BCUT2D eigenvalue weighted by Crippen LogP contribution is -2.49. The number of piperidine rings is 1. The summed E-state index contributed by atoms with van der Waals surface area (Å²) in [5.74, 6) is 2.03. The second kappa shape index (κ2) is 8.49. The average Bonchev–Trinajstić information content (AvgIpc) is 3.49. The normalized spacial score (nSPS) is 18.0. The number of aromatic nitrogens is 3. The lowest BCUT2D eigenvalue weighted by atomic mass is 9.73. The first-order chi connectivity index (χ1) is 15.2. The highest BCUT2D eigenvalue weighted by Crippen LogP contribution is 2.46. The molecule has 7 nitrogen and oxygen atoms in total. The van der Waals surface area contributed by atoms with Crippen LogP contribution in [0.2, 0.25) is 0 Å². The summed E-state index contributed by atoms with van der Waals surface area (Å²) in [5, 5.41) is 7.43. The molecule has 1 aromatic carbocycles. The third-order valence-electron chi connectivity index (χ3n) is 6.48. The molecule has 2 aliphatic rings. The second-order valence-electron chi connectivity index (χ2n) is 8.72. The van der Waals surface area contributed by atoms with E-state index in [1.54, 1.807) is 12.4 Å². The molecule has 0 bridgehead atoms. The molecule has 3 heterocycles. The summed E-state index contributed by atoms with van der Waals surface area (Å²) >= 11 is 0. The monoisotopic (exact) mass is 417 g/mol. The minimum atomic E-state index is -0.124. The van der Waals surface area contributed by atoms with E-state index in [9.17, 15) is 4.79 Å². The quantitative estimate of drug-likeness (QED) is 0.651. The molecule has 31 heavy (non-hydrogen) atoms. The van der Waals surface area contributed by atoms with Crippen molar-refractivity contribution in [2.24, 2.45) is 5.92 Å². The minimum Gasteiger partial charge on any atom is -0.334 e. The second-order valence-corrected chi connectivity index (χ2v) is 8.72. The Hall–Kier alpha value is -3.22. The van der Waals surface area contributed by atoms with Crippen LogP contribution in [0.15, 0.2) is 59.4 Å². The maximum absolute atomic E-state index is 12.7. The minimum absolute atomic E-state index is 0.00645. The molecule has 160 valence electrons. The smallest absolute Gasteiger partial charge is 0.317 e. The number of hydrogen-bond acceptors (Lipinski definition) is 5. The third kappa shape index (κ3) is 4.45. The van der Waals surface area contributed by atoms with Crippen LogP contribution in [0.25, 0.3) is 11.5 Å². The zero-order valence-electron chi connectivity index (χ0n) is 17.5. The summed E-state index contributed by atoms with van der Waals surface area (Å²) in [7, 11) is 0. The molecule has 1 saturated carbocycles. The van der Waals surface area contributed by atoms with E-state index in [2.05, 4.69) is 15.5 Å². The molecule has 2 fully saturated rings. The Morgan fingerprint density at radius 2 is 1.94 bits per heavy atom. The standard InChI is InChI=1S/C24H27N5O2/c30-23(26-16-19-5-2-1-3-6-19)29-13-10-24(11-14-29,15-18-8-9-18)22-27-21(31-28-22)20-7-4-12-25-17-20/h1-7,12,17-18H,8-11,13-16H2,(H,26,30). The molecule has 3 aromatic rings. The number of nitrogens with one attached hydrogen (secondary N) is 1. The van der Waals surface area contributed by atoms with Crippen LogP contribution in [0.1, 0.15) is 43.5 Å². The molecule has 0 atom stereocenters. The van der Waals surface area contributed by atoms with Crippen molar-refractivity contribution in [3.63, 3.8) is 0 Å². The number of benzene rings is 1. The molecule has 0 spiro atoms. The number of hydrogen-bond donors (Lipinski definition) is 1. The zero-order valence-corrected chi connectivity index (χ0v) is 17.5. The van der Waals surface area contributed by atoms with Gasteiger partial charge in [-0.15, -0.1) is 0 Å². The molecule has 0 unspecified atom stereocenters. The summed E-state index contributed by atoms with van der Waals surface area (Å²) in [6.07, 6.45) is 8.80. The largest absolute Gasteiger partial charge is 0.334 e. The highest BCUT2D eigenvalue weighted by molar-refractivity contribution is 5.74. The summed E-state index contributed by atoms with van der Waals surface area (Å²) < 4.78 is 5.60. The van der Waals surface area contributed by atoms with Gasteiger partial charge in [0.2, 0.25) is 0 Å². The van der Waals surface area contributed by atoms with Crippen LogP contribution >= 0.6 is 0 Å². The highest BCUT2D eigenvalue weighted by atomic mass is 16.5. The fraction of sp³-hybridized carbons (Fsp3) is 0.417. The Kier molecular flexibility index (Phi) is 5.40. The van der Waals surface area contributed by atoms with Crippen molar-refractivity contribution in [1.29, 1.82) is 0 Å². The van der Waals surface area contributed by atoms with Gasteiger partial charge < -0.3 is 14.7 Å². The molecule has 1 aliphatic carbocycles. The van der Waals surface area contributed by atoms with E-state index in [1.165, 1.54) is 12.8 Å². The number of likely N-dealkylation sites (tertiary alicyclic amines) is 1. The summed E-state index contributed by atoms with van der Waals surface area (Å²) in [6, 6.07) is 13.8. The molecule has 2 amide bonds. The van der Waals surface area contributed by atoms with Gasteiger partial charge in [-0.05, 0) is 42.9 Å². The van der Waals surface area contributed by atoms with Crippen LogP contribution in [0.5, 0.6) is 0 Å². The number of rotatable bonds is 6. The van der Waals surface area contributed by atoms with E-state index in [0.29, 0.717) is 25.5 Å². The molecule has 1 aliphatic heterocycles. The number of carbonyl (C=O) groups is 1. The molecular formula is C24H27N5O2. The molecule has 1 saturated heterocycles. The van der Waals surface area contributed by atoms with Crippen LogP contribution < -0.4 is 5.32 Å². The zero-order chi connectivity index (χ0) is 21.1. The maximum atomic E-state index is 12.7. The average molecular weight is 418 g/mol. The van der Waals surface area contributed by atoms with Gasteiger partial charge in [-0.1, -0.05) is 48.3 Å². The van der Waals surface area contributed by atoms with Gasteiger partial charge in [0.05, 0.1) is 5.56 Å². The van der Waals surface area contributed by atoms with E-state index < -0.39 is 0 Å². The van der Waals surface area contributed by atoms with E-state index in [1.807, 2.05) is 47.4 Å². The first-order valence-electron chi connectivity index (χ1n) is 11.0. The van der Waals surface area contributed by atoms with E-state index in [4.69, 9.17) is 9.51 Å². The highest BCUT2D eigenvalue weighted by Gasteiger charge is 2.44. The van der Waals surface area contributed by atoms with E-state index in [-0.39, 0.29) is 11.4 Å². The van der Waals surface area contributed by atoms with Crippen molar-refractivity contribution in [2.75, 3.05) is 13.1 Å². The number of nitrogens with zero attached hydrogens (tertiary/aromatic N) is 4. The number of carbonyl (C=O) groups excluding carboxylic acids is 1. The van der Waals surface area contributed by atoms with Crippen molar-refractivity contribution in [1.82, 2.24) is 25.3 Å². The van der Waals surface area contributed by atoms with Crippen molar-refractivity contribution < 1.29 is 9.32 Å². The summed E-state index contributed by atoms with van der Waals surface area (Å²) in [4.78, 5) is 23.5. The molecule has 7 heteroatoms. The van der Waals surface area contributed by atoms with Gasteiger partial charge >= 0.3 is 6.03 Å². The maximum Gasteiger partial charge on any atom is 0.317 e. The number of amides is 2. The predicted octanol–water partition coefficient (Wildman–Crippen LogP) is 4.18. The van der Waals surface area contributed by atoms with Crippen LogP contribution in [0.4, 0.5) is 4.79 Å². The fourth-order valence-corrected chi connectivity index (χ4v) is 4.46. The van der Waals surface area contributed by atoms with Crippen molar-refractivity contribution in [3.05, 3.63) is 66.2 Å². The van der Waals surface area contributed by atoms with Crippen LogP contribution in [-0.2, 0) is 12.0 Å².